The van der Waals surface area contributed by atoms with Gasteiger partial charge in [-0.05, 0) is 33.6 Å². The molecule has 0 aliphatic heterocycles. The van der Waals surface area contributed by atoms with Crippen molar-refractivity contribution in [3.05, 3.63) is 0 Å². The highest BCUT2D eigenvalue weighted by Gasteiger charge is 2.31. The van der Waals surface area contributed by atoms with Crippen LogP contribution in [0.5, 0.6) is 0 Å². The highest BCUT2D eigenvalue weighted by molar-refractivity contribution is 5.68. The molecule has 0 unspecified atom stereocenters. The van der Waals surface area contributed by atoms with Gasteiger partial charge in [-0.2, -0.15) is 0 Å². The number of ether oxygens (including phenoxy) is 1. The normalized spacial score (nSPS) is 26.2. The van der Waals surface area contributed by atoms with Crippen molar-refractivity contribution in [3.8, 4) is 0 Å². The fourth-order valence-corrected chi connectivity index (χ4v) is 1.37. The molecule has 0 heterocycles. The molecule has 1 N–H and O–H groups in total. The standard InChI is InChI=1S/C10H17NO3/c1-10(2,3)14-9(13)11-8-4-7(5-8)6-12/h6-8H,4-5H2,1-3H3,(H,11,13)/t7-,8+. The van der Waals surface area contributed by atoms with Gasteiger partial charge >= 0.3 is 6.09 Å². The summed E-state index contributed by atoms with van der Waals surface area (Å²) >= 11 is 0. The van der Waals surface area contributed by atoms with E-state index in [1.807, 2.05) is 20.8 Å². The van der Waals surface area contributed by atoms with Crippen molar-refractivity contribution in [2.45, 2.75) is 45.3 Å². The van der Waals surface area contributed by atoms with Gasteiger partial charge in [0.1, 0.15) is 11.9 Å². The molecule has 0 saturated heterocycles. The smallest absolute Gasteiger partial charge is 0.407 e. The SMILES string of the molecule is CC(C)(C)OC(=O)N[C@H]1C[C@@H](C=O)C1. The number of hydrogen-bond donors (Lipinski definition) is 1. The number of carbonyl (C=O) groups is 2. The maximum absolute atomic E-state index is 11.2. The van der Waals surface area contributed by atoms with Crippen LogP contribution < -0.4 is 5.32 Å². The molecule has 1 aliphatic rings. The molecule has 1 fully saturated rings. The summed E-state index contributed by atoms with van der Waals surface area (Å²) in [5, 5.41) is 2.72. The number of nitrogens with one attached hydrogen (secondary N) is 1. The summed E-state index contributed by atoms with van der Waals surface area (Å²) < 4.78 is 5.07. The minimum Gasteiger partial charge on any atom is -0.444 e. The lowest BCUT2D eigenvalue weighted by atomic mass is 9.81. The molecule has 4 nitrogen and oxygen atoms in total. The fourth-order valence-electron chi connectivity index (χ4n) is 1.37. The van der Waals surface area contributed by atoms with Gasteiger partial charge in [-0.25, -0.2) is 4.79 Å². The zero-order chi connectivity index (χ0) is 10.8. The van der Waals surface area contributed by atoms with Crippen LogP contribution in [0.2, 0.25) is 0 Å². The third-order valence-electron chi connectivity index (χ3n) is 2.09. The van der Waals surface area contributed by atoms with Gasteiger partial charge < -0.3 is 14.8 Å². The maximum Gasteiger partial charge on any atom is 0.407 e. The Labute approximate surface area is 84.0 Å². The number of rotatable bonds is 2. The molecule has 0 aromatic rings. The molecule has 0 atom stereocenters. The lowest BCUT2D eigenvalue weighted by Crippen LogP contribution is -2.46. The second-order valence-electron chi connectivity index (χ2n) is 4.71. The van der Waals surface area contributed by atoms with E-state index in [1.165, 1.54) is 0 Å². The molecule has 80 valence electrons. The average Bonchev–Trinajstić information content (AvgIpc) is 1.91. The van der Waals surface area contributed by atoms with Crippen LogP contribution in [0.4, 0.5) is 4.79 Å². The van der Waals surface area contributed by atoms with E-state index in [2.05, 4.69) is 5.32 Å². The molecule has 4 heteroatoms. The second-order valence-corrected chi connectivity index (χ2v) is 4.71. The van der Waals surface area contributed by atoms with Crippen molar-refractivity contribution in [2.75, 3.05) is 0 Å². The van der Waals surface area contributed by atoms with E-state index >= 15 is 0 Å². The third-order valence-corrected chi connectivity index (χ3v) is 2.09. The molecule has 0 aromatic heterocycles. The largest absolute Gasteiger partial charge is 0.444 e. The van der Waals surface area contributed by atoms with Crippen molar-refractivity contribution in [1.82, 2.24) is 5.32 Å². The molecule has 1 saturated carbocycles. The van der Waals surface area contributed by atoms with E-state index in [-0.39, 0.29) is 12.0 Å². The van der Waals surface area contributed by atoms with Gasteiger partial charge in [-0.1, -0.05) is 0 Å². The van der Waals surface area contributed by atoms with Crippen LogP contribution >= 0.6 is 0 Å². The van der Waals surface area contributed by atoms with Crippen LogP contribution in [0.15, 0.2) is 0 Å². The summed E-state index contributed by atoms with van der Waals surface area (Å²) in [6.45, 7) is 5.46. The predicted molar refractivity (Wildman–Crippen MR) is 51.9 cm³/mol. The van der Waals surface area contributed by atoms with E-state index in [1.54, 1.807) is 0 Å². The number of aldehydes is 1. The van der Waals surface area contributed by atoms with Crippen molar-refractivity contribution < 1.29 is 14.3 Å². The molecule has 14 heavy (non-hydrogen) atoms. The zero-order valence-electron chi connectivity index (χ0n) is 8.87. The van der Waals surface area contributed by atoms with E-state index < -0.39 is 11.7 Å². The van der Waals surface area contributed by atoms with Crippen LogP contribution in [0.3, 0.4) is 0 Å². The Bertz CT molecular complexity index is 226. The molecule has 1 amide bonds. The summed E-state index contributed by atoms with van der Waals surface area (Å²) in [5.74, 6) is 0.120. The Hall–Kier alpha value is -1.06. The Morgan fingerprint density at radius 2 is 2.00 bits per heavy atom. The number of hydrogen-bond acceptors (Lipinski definition) is 3. The van der Waals surface area contributed by atoms with Gasteiger partial charge in [0.25, 0.3) is 0 Å². The van der Waals surface area contributed by atoms with Gasteiger partial charge in [-0.3, -0.25) is 0 Å². The van der Waals surface area contributed by atoms with E-state index in [4.69, 9.17) is 4.74 Å². The molecule has 1 rings (SSSR count). The van der Waals surface area contributed by atoms with E-state index in [9.17, 15) is 9.59 Å². The fraction of sp³-hybridized carbons (Fsp3) is 0.800. The summed E-state index contributed by atoms with van der Waals surface area (Å²) in [5.41, 5.74) is -0.460. The molecular weight excluding hydrogens is 182 g/mol. The highest BCUT2D eigenvalue weighted by Crippen LogP contribution is 2.25. The Balaban J connectivity index is 2.20. The first-order valence-electron chi connectivity index (χ1n) is 4.85. The summed E-state index contributed by atoms with van der Waals surface area (Å²) in [7, 11) is 0. The highest BCUT2D eigenvalue weighted by atomic mass is 16.6. The minimum absolute atomic E-state index is 0.111. The zero-order valence-corrected chi connectivity index (χ0v) is 8.87. The third kappa shape index (κ3) is 3.36. The van der Waals surface area contributed by atoms with E-state index in [0.29, 0.717) is 0 Å². The Morgan fingerprint density at radius 3 is 2.43 bits per heavy atom. The Morgan fingerprint density at radius 1 is 1.43 bits per heavy atom. The lowest BCUT2D eigenvalue weighted by Gasteiger charge is -2.32. The monoisotopic (exact) mass is 199 g/mol. The van der Waals surface area contributed by atoms with E-state index in [0.717, 1.165) is 19.1 Å². The first-order valence-corrected chi connectivity index (χ1v) is 4.85. The molecule has 0 radical (unpaired) electrons. The first kappa shape index (κ1) is 11.0. The molecule has 0 spiro atoms. The van der Waals surface area contributed by atoms with Gasteiger partial charge in [0.05, 0.1) is 0 Å². The van der Waals surface area contributed by atoms with Crippen molar-refractivity contribution >= 4 is 12.4 Å². The minimum atomic E-state index is -0.460. The quantitative estimate of drug-likeness (QED) is 0.685. The first-order chi connectivity index (χ1) is 6.40. The topological polar surface area (TPSA) is 55.4 Å². The maximum atomic E-state index is 11.2. The predicted octanol–water partition coefficient (Wildman–Crippen LogP) is 1.49. The van der Waals surface area contributed by atoms with Gasteiger partial charge in [-0.15, -0.1) is 0 Å². The van der Waals surface area contributed by atoms with Crippen molar-refractivity contribution in [3.63, 3.8) is 0 Å². The van der Waals surface area contributed by atoms with Gasteiger partial charge in [0.15, 0.2) is 0 Å². The van der Waals surface area contributed by atoms with Crippen LogP contribution in [-0.2, 0) is 9.53 Å². The summed E-state index contributed by atoms with van der Waals surface area (Å²) in [6, 6.07) is 0.111. The van der Waals surface area contributed by atoms with Crippen LogP contribution in [0.1, 0.15) is 33.6 Å². The molecule has 0 bridgehead atoms. The van der Waals surface area contributed by atoms with Crippen LogP contribution in [-0.4, -0.2) is 24.0 Å². The van der Waals surface area contributed by atoms with Crippen LogP contribution in [0.25, 0.3) is 0 Å². The summed E-state index contributed by atoms with van der Waals surface area (Å²) in [6.07, 6.45) is 2.02. The average molecular weight is 199 g/mol. The lowest BCUT2D eigenvalue weighted by molar-refractivity contribution is -0.113. The number of alkyl carbamates (subject to hydrolysis) is 1. The van der Waals surface area contributed by atoms with Crippen molar-refractivity contribution in [2.24, 2.45) is 5.92 Å². The molecular formula is C10H17NO3. The molecule has 0 aromatic carbocycles. The number of amides is 1. The van der Waals surface area contributed by atoms with Gasteiger partial charge in [0.2, 0.25) is 0 Å². The Kier molecular flexibility index (Phi) is 3.13. The second kappa shape index (κ2) is 3.98. The summed E-state index contributed by atoms with van der Waals surface area (Å²) in [4.78, 5) is 21.5. The molecule has 1 aliphatic carbocycles. The van der Waals surface area contributed by atoms with Crippen LogP contribution in [0, 0.1) is 5.92 Å². The van der Waals surface area contributed by atoms with Gasteiger partial charge in [0, 0.05) is 12.0 Å². The van der Waals surface area contributed by atoms with Crippen molar-refractivity contribution in [1.29, 1.82) is 0 Å². The number of carbonyl (C=O) groups excluding carboxylic acids is 2.